The number of ether oxygens (including phenoxy) is 2. The highest BCUT2D eigenvalue weighted by Crippen LogP contribution is 2.16. The van der Waals surface area contributed by atoms with Crippen LogP contribution in [0.15, 0.2) is 53.6 Å². The number of hydrogen-bond donors (Lipinski definition) is 2. The van der Waals surface area contributed by atoms with Crippen molar-refractivity contribution in [2.75, 3.05) is 19.0 Å². The molecule has 0 spiro atoms. The van der Waals surface area contributed by atoms with Gasteiger partial charge in [0.05, 0.1) is 19.9 Å². The summed E-state index contributed by atoms with van der Waals surface area (Å²) in [6.45, 7) is 4.23. The minimum absolute atomic E-state index is 0.421. The highest BCUT2D eigenvalue weighted by molar-refractivity contribution is 6.06. The first kappa shape index (κ1) is 21.0. The summed E-state index contributed by atoms with van der Waals surface area (Å²) in [6.07, 6.45) is 2.45. The Morgan fingerprint density at radius 1 is 1.04 bits per heavy atom. The Morgan fingerprint density at radius 2 is 1.68 bits per heavy atom. The number of rotatable bonds is 9. The Balaban J connectivity index is 1.83. The van der Waals surface area contributed by atoms with Crippen LogP contribution in [0, 0.1) is 5.92 Å². The molecule has 0 saturated carbocycles. The maximum atomic E-state index is 12.2. The van der Waals surface area contributed by atoms with Crippen molar-refractivity contribution in [3.05, 3.63) is 54.1 Å². The van der Waals surface area contributed by atoms with E-state index in [0.29, 0.717) is 18.0 Å². The van der Waals surface area contributed by atoms with E-state index in [1.165, 1.54) is 13.1 Å². The predicted molar refractivity (Wildman–Crippen MR) is 109 cm³/mol. The number of methoxy groups -OCH3 is 1. The van der Waals surface area contributed by atoms with Gasteiger partial charge in [-0.25, -0.2) is 5.43 Å². The molecule has 0 bridgehead atoms. The van der Waals surface area contributed by atoms with E-state index >= 15 is 0 Å². The van der Waals surface area contributed by atoms with Crippen LogP contribution >= 0.6 is 0 Å². The topological polar surface area (TPSA) is 89.0 Å². The number of anilines is 1. The van der Waals surface area contributed by atoms with Crippen LogP contribution in [0.3, 0.4) is 0 Å². The third-order valence-corrected chi connectivity index (χ3v) is 3.89. The van der Waals surface area contributed by atoms with E-state index in [4.69, 9.17) is 9.47 Å². The van der Waals surface area contributed by atoms with Crippen molar-refractivity contribution in [1.29, 1.82) is 0 Å². The van der Waals surface area contributed by atoms with Crippen molar-refractivity contribution >= 4 is 23.7 Å². The zero-order valence-corrected chi connectivity index (χ0v) is 16.3. The number of amides is 2. The monoisotopic (exact) mass is 383 g/mol. The number of carbonyl (C=O) groups is 2. The van der Waals surface area contributed by atoms with Gasteiger partial charge in [0.15, 0.2) is 0 Å². The molecule has 0 radical (unpaired) electrons. The molecule has 0 aliphatic carbocycles. The fraction of sp³-hybridized carbons (Fsp3) is 0.286. The first-order valence-electron chi connectivity index (χ1n) is 9.04. The van der Waals surface area contributed by atoms with Gasteiger partial charge < -0.3 is 14.8 Å². The van der Waals surface area contributed by atoms with E-state index in [9.17, 15) is 9.59 Å². The van der Waals surface area contributed by atoms with Gasteiger partial charge in [0.2, 0.25) is 5.91 Å². The highest BCUT2D eigenvalue weighted by atomic mass is 16.5. The molecule has 2 aromatic rings. The molecule has 1 atom stereocenters. The second-order valence-corrected chi connectivity index (χ2v) is 6.09. The van der Waals surface area contributed by atoms with Crippen LogP contribution in [0.2, 0.25) is 0 Å². The van der Waals surface area contributed by atoms with Crippen molar-refractivity contribution < 1.29 is 19.1 Å². The van der Waals surface area contributed by atoms with Crippen molar-refractivity contribution in [3.63, 3.8) is 0 Å². The van der Waals surface area contributed by atoms with Crippen LogP contribution in [0.1, 0.15) is 25.8 Å². The van der Waals surface area contributed by atoms with E-state index in [1.54, 1.807) is 31.4 Å². The van der Waals surface area contributed by atoms with E-state index in [0.717, 1.165) is 17.7 Å². The highest BCUT2D eigenvalue weighted by Gasteiger charge is 2.21. The summed E-state index contributed by atoms with van der Waals surface area (Å²) in [5.41, 5.74) is 3.77. The van der Waals surface area contributed by atoms with Crippen molar-refractivity contribution in [3.8, 4) is 11.5 Å². The van der Waals surface area contributed by atoms with Gasteiger partial charge in [0.25, 0.3) is 5.91 Å². The van der Waals surface area contributed by atoms with Gasteiger partial charge in [-0.3, -0.25) is 9.59 Å². The quantitative estimate of drug-likeness (QED) is 0.395. The van der Waals surface area contributed by atoms with Crippen LogP contribution in [0.5, 0.6) is 11.5 Å². The lowest BCUT2D eigenvalue weighted by Gasteiger charge is -2.11. The molecule has 28 heavy (non-hydrogen) atoms. The van der Waals surface area contributed by atoms with Crippen molar-refractivity contribution in [1.82, 2.24) is 5.43 Å². The summed E-state index contributed by atoms with van der Waals surface area (Å²) >= 11 is 0. The van der Waals surface area contributed by atoms with Crippen LogP contribution in [-0.4, -0.2) is 31.7 Å². The second-order valence-electron chi connectivity index (χ2n) is 6.09. The molecule has 0 heterocycles. The Morgan fingerprint density at radius 3 is 2.29 bits per heavy atom. The average molecular weight is 383 g/mol. The molecule has 0 aliphatic rings. The van der Waals surface area contributed by atoms with Crippen LogP contribution in [0.25, 0.3) is 0 Å². The molecule has 1 unspecified atom stereocenters. The van der Waals surface area contributed by atoms with Gasteiger partial charge in [-0.2, -0.15) is 5.10 Å². The Bertz CT molecular complexity index is 801. The largest absolute Gasteiger partial charge is 0.497 e. The lowest BCUT2D eigenvalue weighted by molar-refractivity contribution is -0.131. The number of benzene rings is 2. The maximum Gasteiger partial charge on any atom is 0.252 e. The zero-order valence-electron chi connectivity index (χ0n) is 16.3. The maximum absolute atomic E-state index is 12.2. The summed E-state index contributed by atoms with van der Waals surface area (Å²) in [4.78, 5) is 24.3. The van der Waals surface area contributed by atoms with Gasteiger partial charge in [-0.15, -0.1) is 0 Å². The molecule has 2 rings (SSSR count). The number of hydrogen-bond acceptors (Lipinski definition) is 5. The van der Waals surface area contributed by atoms with E-state index in [2.05, 4.69) is 15.8 Å². The Kier molecular flexibility index (Phi) is 8.02. The first-order valence-corrected chi connectivity index (χ1v) is 9.04. The number of hydrazone groups is 1. The van der Waals surface area contributed by atoms with E-state index in [1.807, 2.05) is 31.2 Å². The van der Waals surface area contributed by atoms with Gasteiger partial charge in [0, 0.05) is 5.69 Å². The molecular weight excluding hydrogens is 358 g/mol. The lowest BCUT2D eigenvalue weighted by atomic mass is 10.1. The van der Waals surface area contributed by atoms with E-state index in [-0.39, 0.29) is 0 Å². The summed E-state index contributed by atoms with van der Waals surface area (Å²) in [7, 11) is 1.56. The fourth-order valence-corrected chi connectivity index (χ4v) is 2.18. The minimum atomic E-state index is -0.899. The Labute approximate surface area is 164 Å². The smallest absolute Gasteiger partial charge is 0.252 e. The van der Waals surface area contributed by atoms with Gasteiger partial charge in [-0.1, -0.05) is 6.92 Å². The third kappa shape index (κ3) is 6.42. The van der Waals surface area contributed by atoms with Gasteiger partial charge in [-0.05, 0) is 67.4 Å². The van der Waals surface area contributed by atoms with Crippen molar-refractivity contribution in [2.45, 2.75) is 20.3 Å². The SMILES string of the molecule is CCCOc1ccc(C=NNC(=O)C(C)C(=O)Nc2ccc(OC)cc2)cc1. The number of carbonyl (C=O) groups excluding carboxylic acids is 2. The lowest BCUT2D eigenvalue weighted by Crippen LogP contribution is -2.34. The molecule has 0 saturated heterocycles. The molecule has 7 heteroatoms. The number of nitrogens with one attached hydrogen (secondary N) is 2. The summed E-state index contributed by atoms with van der Waals surface area (Å²) in [5, 5.41) is 6.59. The molecule has 2 N–H and O–H groups in total. The fourth-order valence-electron chi connectivity index (χ4n) is 2.18. The normalized spacial score (nSPS) is 11.7. The van der Waals surface area contributed by atoms with E-state index < -0.39 is 17.7 Å². The zero-order chi connectivity index (χ0) is 20.4. The van der Waals surface area contributed by atoms with Crippen LogP contribution in [0.4, 0.5) is 5.69 Å². The molecular formula is C21H25N3O4. The summed E-state index contributed by atoms with van der Waals surface area (Å²) in [6, 6.07) is 14.2. The standard InChI is InChI=1S/C21H25N3O4/c1-4-13-28-19-9-5-16(6-10-19)14-22-24-21(26)15(2)20(25)23-17-7-11-18(27-3)12-8-17/h5-12,14-15H,4,13H2,1-3H3,(H,23,25)(H,24,26). The Hall–Kier alpha value is -3.35. The van der Waals surface area contributed by atoms with Gasteiger partial charge in [0.1, 0.15) is 17.4 Å². The predicted octanol–water partition coefficient (Wildman–Crippen LogP) is 3.21. The molecule has 0 aromatic heterocycles. The first-order chi connectivity index (χ1) is 13.5. The third-order valence-electron chi connectivity index (χ3n) is 3.89. The second kappa shape index (κ2) is 10.7. The van der Waals surface area contributed by atoms with Crippen molar-refractivity contribution in [2.24, 2.45) is 11.0 Å². The molecule has 7 nitrogen and oxygen atoms in total. The molecule has 148 valence electrons. The van der Waals surface area contributed by atoms with Crippen LogP contribution in [-0.2, 0) is 9.59 Å². The van der Waals surface area contributed by atoms with Crippen LogP contribution < -0.4 is 20.2 Å². The number of nitrogens with zero attached hydrogens (tertiary/aromatic N) is 1. The molecule has 2 aromatic carbocycles. The molecule has 0 aliphatic heterocycles. The molecule has 2 amide bonds. The minimum Gasteiger partial charge on any atom is -0.497 e. The summed E-state index contributed by atoms with van der Waals surface area (Å²) in [5.74, 6) is -0.348. The average Bonchev–Trinajstić information content (AvgIpc) is 2.73. The van der Waals surface area contributed by atoms with Gasteiger partial charge >= 0.3 is 0 Å². The molecule has 0 fully saturated rings. The summed E-state index contributed by atoms with van der Waals surface area (Å²) < 4.78 is 10.6.